The van der Waals surface area contributed by atoms with Crippen molar-refractivity contribution in [2.75, 3.05) is 0 Å². The van der Waals surface area contributed by atoms with Crippen LogP contribution in [-0.2, 0) is 0 Å². The first-order chi connectivity index (χ1) is 3.89. The molecule has 2 nitrogen and oxygen atoms in total. The summed E-state index contributed by atoms with van der Waals surface area (Å²) in [5.74, 6) is 0. The Hall–Kier alpha value is -0.440. The maximum atomic E-state index is 3.69. The van der Waals surface area contributed by atoms with Gasteiger partial charge in [-0.2, -0.15) is 0 Å². The van der Waals surface area contributed by atoms with Crippen molar-refractivity contribution in [3.63, 3.8) is 0 Å². The normalized spacial score (nSPS) is 7.38. The maximum absolute atomic E-state index is 3.69. The molecule has 0 fully saturated rings. The fraction of sp³-hybridized carbons (Fsp3) is 0.600. The Kier molecular flexibility index (Phi) is 4.45. The van der Waals surface area contributed by atoms with Gasteiger partial charge in [-0.3, -0.25) is 0 Å². The van der Waals surface area contributed by atoms with Crippen molar-refractivity contribution < 1.29 is 0 Å². The molecule has 1 heterocycles. The van der Waals surface area contributed by atoms with Crippen molar-refractivity contribution in [1.29, 1.82) is 0 Å². The van der Waals surface area contributed by atoms with E-state index in [9.17, 15) is 0 Å². The molecule has 0 unspecified atom stereocenters. The quantitative estimate of drug-likeness (QED) is 0.536. The second-order valence-electron chi connectivity index (χ2n) is 0.958. The molecule has 0 amide bonds. The first-order valence-corrected chi connectivity index (χ1v) is 3.50. The second kappa shape index (κ2) is 4.71. The minimum absolute atomic E-state index is 1.02. The standard InChI is InChI=1S/C3H4N2S.C2H6/c1-3-5-4-2-6-3;1-2/h2H,1H3;1-2H3. The number of hydrogen-bond acceptors (Lipinski definition) is 3. The van der Waals surface area contributed by atoms with Gasteiger partial charge in [0.1, 0.15) is 10.5 Å². The van der Waals surface area contributed by atoms with Gasteiger partial charge >= 0.3 is 0 Å². The molecule has 1 rings (SSSR count). The average Bonchev–Trinajstić information content (AvgIpc) is 2.24. The smallest absolute Gasteiger partial charge is 0.114 e. The summed E-state index contributed by atoms with van der Waals surface area (Å²) >= 11 is 1.56. The highest BCUT2D eigenvalue weighted by Crippen LogP contribution is 1.94. The summed E-state index contributed by atoms with van der Waals surface area (Å²) in [6.45, 7) is 5.93. The van der Waals surface area contributed by atoms with Crippen molar-refractivity contribution in [3.8, 4) is 0 Å². The minimum atomic E-state index is 1.02. The highest BCUT2D eigenvalue weighted by Gasteiger charge is 1.78. The largest absolute Gasteiger partial charge is 0.147 e. The first kappa shape index (κ1) is 7.56. The van der Waals surface area contributed by atoms with Crippen LogP contribution in [0, 0.1) is 6.92 Å². The minimum Gasteiger partial charge on any atom is -0.147 e. The fourth-order valence-electron chi connectivity index (χ4n) is 0.228. The number of hydrogen-bond donors (Lipinski definition) is 0. The molecule has 0 aliphatic carbocycles. The van der Waals surface area contributed by atoms with E-state index in [1.807, 2.05) is 20.8 Å². The van der Waals surface area contributed by atoms with E-state index in [1.165, 1.54) is 0 Å². The van der Waals surface area contributed by atoms with E-state index in [1.54, 1.807) is 16.8 Å². The molecule has 0 aliphatic rings. The van der Waals surface area contributed by atoms with Gasteiger partial charge in [0.25, 0.3) is 0 Å². The lowest BCUT2D eigenvalue weighted by Crippen LogP contribution is -1.64. The molecule has 0 bridgehead atoms. The lowest BCUT2D eigenvalue weighted by atomic mass is 10.9. The van der Waals surface area contributed by atoms with Crippen LogP contribution < -0.4 is 0 Å². The Morgan fingerprint density at radius 1 is 1.50 bits per heavy atom. The Labute approximate surface area is 53.6 Å². The molecule has 0 spiro atoms. The topological polar surface area (TPSA) is 25.8 Å². The Bertz CT molecular complexity index is 114. The number of aryl methyl sites for hydroxylation is 1. The third-order valence-corrected chi connectivity index (χ3v) is 1.09. The summed E-state index contributed by atoms with van der Waals surface area (Å²) in [7, 11) is 0. The highest BCUT2D eigenvalue weighted by molar-refractivity contribution is 7.09. The molecular weight excluding hydrogens is 120 g/mol. The van der Waals surface area contributed by atoms with Crippen LogP contribution in [0.1, 0.15) is 18.9 Å². The van der Waals surface area contributed by atoms with Crippen LogP contribution in [0.15, 0.2) is 5.51 Å². The summed E-state index contributed by atoms with van der Waals surface area (Å²) < 4.78 is 0. The van der Waals surface area contributed by atoms with Gasteiger partial charge < -0.3 is 0 Å². The van der Waals surface area contributed by atoms with Gasteiger partial charge in [0.05, 0.1) is 0 Å². The van der Waals surface area contributed by atoms with Crippen LogP contribution in [0.3, 0.4) is 0 Å². The molecule has 0 radical (unpaired) electrons. The van der Waals surface area contributed by atoms with Crippen molar-refractivity contribution >= 4 is 11.3 Å². The monoisotopic (exact) mass is 130 g/mol. The molecule has 0 saturated heterocycles. The molecule has 0 atom stereocenters. The van der Waals surface area contributed by atoms with E-state index < -0.39 is 0 Å². The molecule has 1 aromatic rings. The Balaban J connectivity index is 0.000000222. The Morgan fingerprint density at radius 2 is 2.12 bits per heavy atom. The van der Waals surface area contributed by atoms with E-state index in [0.29, 0.717) is 0 Å². The first-order valence-electron chi connectivity index (χ1n) is 2.62. The van der Waals surface area contributed by atoms with E-state index in [2.05, 4.69) is 10.2 Å². The summed E-state index contributed by atoms with van der Waals surface area (Å²) in [5, 5.41) is 8.30. The zero-order valence-electron chi connectivity index (χ0n) is 5.38. The third-order valence-electron chi connectivity index (χ3n) is 0.469. The van der Waals surface area contributed by atoms with Gasteiger partial charge in [-0.1, -0.05) is 13.8 Å². The van der Waals surface area contributed by atoms with E-state index in [0.717, 1.165) is 5.01 Å². The number of nitrogens with zero attached hydrogens (tertiary/aromatic N) is 2. The van der Waals surface area contributed by atoms with Crippen molar-refractivity contribution in [1.82, 2.24) is 10.2 Å². The van der Waals surface area contributed by atoms with Gasteiger partial charge in [0.2, 0.25) is 0 Å². The molecule has 0 aromatic carbocycles. The van der Waals surface area contributed by atoms with Crippen LogP contribution in [0.5, 0.6) is 0 Å². The number of rotatable bonds is 0. The zero-order chi connectivity index (χ0) is 6.41. The predicted octanol–water partition coefficient (Wildman–Crippen LogP) is 1.87. The fourth-order valence-corrected chi connectivity index (χ4v) is 0.569. The lowest BCUT2D eigenvalue weighted by Gasteiger charge is -1.61. The van der Waals surface area contributed by atoms with E-state index >= 15 is 0 Å². The molecule has 3 heteroatoms. The molecule has 0 saturated carbocycles. The van der Waals surface area contributed by atoms with E-state index in [4.69, 9.17) is 0 Å². The molecule has 1 aromatic heterocycles. The molecule has 0 aliphatic heterocycles. The molecular formula is C5H10N2S. The van der Waals surface area contributed by atoms with Crippen molar-refractivity contribution in [2.24, 2.45) is 0 Å². The van der Waals surface area contributed by atoms with Crippen LogP contribution in [-0.4, -0.2) is 10.2 Å². The molecule has 46 valence electrons. The third kappa shape index (κ3) is 2.69. The van der Waals surface area contributed by atoms with Crippen LogP contribution in [0.4, 0.5) is 0 Å². The zero-order valence-corrected chi connectivity index (χ0v) is 6.20. The van der Waals surface area contributed by atoms with E-state index in [-0.39, 0.29) is 0 Å². The van der Waals surface area contributed by atoms with Crippen molar-refractivity contribution in [2.45, 2.75) is 20.8 Å². The number of aromatic nitrogens is 2. The summed E-state index contributed by atoms with van der Waals surface area (Å²) in [6.07, 6.45) is 0. The van der Waals surface area contributed by atoms with Gasteiger partial charge in [0, 0.05) is 0 Å². The Morgan fingerprint density at radius 3 is 2.25 bits per heavy atom. The SMILES string of the molecule is CC.Cc1nncs1. The second-order valence-corrected chi connectivity index (χ2v) is 2.00. The van der Waals surface area contributed by atoms with Gasteiger partial charge in [-0.25, -0.2) is 0 Å². The summed E-state index contributed by atoms with van der Waals surface area (Å²) in [4.78, 5) is 0. The lowest BCUT2D eigenvalue weighted by molar-refractivity contribution is 1.05. The average molecular weight is 130 g/mol. The summed E-state index contributed by atoms with van der Waals surface area (Å²) in [5.41, 5.74) is 1.72. The summed E-state index contributed by atoms with van der Waals surface area (Å²) in [6, 6.07) is 0. The van der Waals surface area contributed by atoms with Crippen LogP contribution in [0.25, 0.3) is 0 Å². The van der Waals surface area contributed by atoms with Crippen molar-refractivity contribution in [3.05, 3.63) is 10.5 Å². The predicted molar refractivity (Wildman–Crippen MR) is 36.0 cm³/mol. The molecule has 8 heavy (non-hydrogen) atoms. The van der Waals surface area contributed by atoms with Crippen LogP contribution in [0.2, 0.25) is 0 Å². The maximum Gasteiger partial charge on any atom is 0.114 e. The van der Waals surface area contributed by atoms with Gasteiger partial charge in [0.15, 0.2) is 0 Å². The molecule has 0 N–H and O–H groups in total. The van der Waals surface area contributed by atoms with Gasteiger partial charge in [-0.15, -0.1) is 21.5 Å². The highest BCUT2D eigenvalue weighted by atomic mass is 32.1. The van der Waals surface area contributed by atoms with Crippen LogP contribution >= 0.6 is 11.3 Å². The van der Waals surface area contributed by atoms with Gasteiger partial charge in [-0.05, 0) is 6.92 Å².